The van der Waals surface area contributed by atoms with E-state index in [0.717, 1.165) is 4.90 Å². The fourth-order valence-electron chi connectivity index (χ4n) is 3.20. The summed E-state index contributed by atoms with van der Waals surface area (Å²) < 4.78 is 0. The molecule has 3 aromatic rings. The number of hydrogen-bond donors (Lipinski definition) is 1. The van der Waals surface area contributed by atoms with Crippen molar-refractivity contribution in [3.05, 3.63) is 94.8 Å². The Morgan fingerprint density at radius 2 is 1.57 bits per heavy atom. The molecule has 1 unspecified atom stereocenters. The average molecular weight is 392 g/mol. The molecular weight excluding hydrogens is 378 g/mol. The van der Waals surface area contributed by atoms with Crippen molar-refractivity contribution in [2.75, 3.05) is 4.90 Å². The molecule has 1 atom stereocenters. The van der Waals surface area contributed by atoms with Gasteiger partial charge < -0.3 is 5.11 Å². The molecule has 1 aromatic heterocycles. The Balaban J connectivity index is 1.98. The number of halogens is 1. The van der Waals surface area contributed by atoms with E-state index in [4.69, 9.17) is 11.6 Å². The molecule has 138 valence electrons. The molecule has 1 saturated heterocycles. The smallest absolute Gasteiger partial charge is 0.302 e. The third-order valence-electron chi connectivity index (χ3n) is 4.46. The van der Waals surface area contributed by atoms with Crippen molar-refractivity contribution in [2.45, 2.75) is 6.04 Å². The molecule has 6 nitrogen and oxygen atoms in total. The first-order chi connectivity index (χ1) is 13.6. The van der Waals surface area contributed by atoms with Crippen LogP contribution in [0.25, 0.3) is 5.76 Å². The highest BCUT2D eigenvalue weighted by atomic mass is 35.5. The Labute approximate surface area is 165 Å². The van der Waals surface area contributed by atoms with Crippen LogP contribution in [0.2, 0.25) is 5.02 Å². The Bertz CT molecular complexity index is 1080. The number of aliphatic hydroxyl groups is 1. The van der Waals surface area contributed by atoms with Crippen LogP contribution in [0, 0.1) is 0 Å². The maximum Gasteiger partial charge on any atom is 0.302 e. The van der Waals surface area contributed by atoms with Gasteiger partial charge in [-0.3, -0.25) is 14.5 Å². The highest BCUT2D eigenvalue weighted by molar-refractivity contribution is 6.51. The summed E-state index contributed by atoms with van der Waals surface area (Å²) in [5.74, 6) is -1.86. The van der Waals surface area contributed by atoms with E-state index in [2.05, 4.69) is 9.97 Å². The van der Waals surface area contributed by atoms with Crippen LogP contribution in [0.3, 0.4) is 0 Å². The molecule has 1 N–H and O–H groups in total. The van der Waals surface area contributed by atoms with Crippen molar-refractivity contribution < 1.29 is 14.7 Å². The minimum atomic E-state index is -0.948. The highest BCUT2D eigenvalue weighted by Crippen LogP contribution is 2.42. The highest BCUT2D eigenvalue weighted by Gasteiger charge is 2.48. The molecule has 28 heavy (non-hydrogen) atoms. The lowest BCUT2D eigenvalue weighted by Crippen LogP contribution is -2.31. The molecule has 2 aromatic carbocycles. The summed E-state index contributed by atoms with van der Waals surface area (Å²) in [6.45, 7) is 0. The van der Waals surface area contributed by atoms with E-state index in [1.54, 1.807) is 60.7 Å². The van der Waals surface area contributed by atoms with Crippen LogP contribution in [0.1, 0.15) is 17.2 Å². The van der Waals surface area contributed by atoms with Crippen molar-refractivity contribution in [1.29, 1.82) is 0 Å². The van der Waals surface area contributed by atoms with Gasteiger partial charge in [0.1, 0.15) is 5.76 Å². The molecule has 7 heteroatoms. The number of rotatable bonds is 3. The van der Waals surface area contributed by atoms with Gasteiger partial charge in [0, 0.05) is 23.0 Å². The number of ketones is 1. The third-order valence-corrected chi connectivity index (χ3v) is 4.80. The van der Waals surface area contributed by atoms with Gasteiger partial charge in [0.25, 0.3) is 5.78 Å². The maximum absolute atomic E-state index is 12.9. The van der Waals surface area contributed by atoms with Gasteiger partial charge in [0.05, 0.1) is 11.6 Å². The monoisotopic (exact) mass is 391 g/mol. The predicted molar refractivity (Wildman–Crippen MR) is 105 cm³/mol. The summed E-state index contributed by atoms with van der Waals surface area (Å²) >= 11 is 6.37. The van der Waals surface area contributed by atoms with Crippen molar-refractivity contribution in [3.63, 3.8) is 0 Å². The molecule has 1 fully saturated rings. The number of carbonyl (C=O) groups excluding carboxylic acids is 2. The number of Topliss-reactive ketones (excluding diaryl/α,β-unsaturated/α-hetero) is 1. The molecule has 0 bridgehead atoms. The van der Waals surface area contributed by atoms with Gasteiger partial charge in [-0.15, -0.1) is 0 Å². The first kappa shape index (κ1) is 17.9. The Kier molecular flexibility index (Phi) is 4.63. The molecule has 0 radical (unpaired) electrons. The van der Waals surface area contributed by atoms with E-state index < -0.39 is 17.7 Å². The second-order valence-electron chi connectivity index (χ2n) is 6.11. The summed E-state index contributed by atoms with van der Waals surface area (Å²) in [5.41, 5.74) is 0.858. The first-order valence-electron chi connectivity index (χ1n) is 8.47. The number of nitrogens with zero attached hydrogens (tertiary/aromatic N) is 3. The van der Waals surface area contributed by atoms with E-state index in [1.807, 2.05) is 0 Å². The minimum absolute atomic E-state index is 0.0571. The van der Waals surface area contributed by atoms with Crippen LogP contribution in [-0.2, 0) is 9.59 Å². The van der Waals surface area contributed by atoms with E-state index in [1.165, 1.54) is 12.4 Å². The molecule has 1 aliphatic rings. The van der Waals surface area contributed by atoms with E-state index >= 15 is 0 Å². The van der Waals surface area contributed by atoms with Crippen LogP contribution in [0.15, 0.2) is 78.6 Å². The summed E-state index contributed by atoms with van der Waals surface area (Å²) in [5, 5.41) is 11.2. The van der Waals surface area contributed by atoms with Crippen molar-refractivity contribution in [1.82, 2.24) is 9.97 Å². The lowest BCUT2D eigenvalue weighted by atomic mass is 9.95. The fourth-order valence-corrected chi connectivity index (χ4v) is 3.44. The average Bonchev–Trinajstić information content (AvgIpc) is 3.00. The lowest BCUT2D eigenvalue weighted by molar-refractivity contribution is -0.132. The maximum atomic E-state index is 12.9. The molecule has 2 heterocycles. The summed E-state index contributed by atoms with van der Waals surface area (Å²) in [6.07, 6.45) is 2.95. The van der Waals surface area contributed by atoms with Crippen LogP contribution in [0.4, 0.5) is 5.95 Å². The Morgan fingerprint density at radius 1 is 0.929 bits per heavy atom. The third kappa shape index (κ3) is 2.93. The lowest BCUT2D eigenvalue weighted by Gasteiger charge is -2.24. The molecule has 1 amide bonds. The molecule has 1 aliphatic heterocycles. The van der Waals surface area contributed by atoms with Gasteiger partial charge in [0.2, 0.25) is 5.95 Å². The normalized spacial score (nSPS) is 18.5. The number of hydrogen-bond acceptors (Lipinski definition) is 5. The number of benzene rings is 2. The summed E-state index contributed by atoms with van der Waals surface area (Å²) in [6, 6.07) is 16.1. The van der Waals surface area contributed by atoms with Crippen molar-refractivity contribution >= 4 is 35.0 Å². The zero-order valence-corrected chi connectivity index (χ0v) is 15.2. The number of carbonyl (C=O) groups is 2. The predicted octanol–water partition coefficient (Wildman–Crippen LogP) is 3.76. The molecule has 0 aliphatic carbocycles. The SMILES string of the molecule is O=C1C(=O)N(c2ncccn2)C(c2ccccc2Cl)/C1=C(/O)c1ccccc1. The number of aliphatic hydroxyl groups excluding tert-OH is 1. The Hall–Kier alpha value is -3.51. The van der Waals surface area contributed by atoms with Crippen LogP contribution in [-0.4, -0.2) is 26.8 Å². The second-order valence-corrected chi connectivity index (χ2v) is 6.51. The number of aromatic nitrogens is 2. The number of amides is 1. The van der Waals surface area contributed by atoms with E-state index in [0.29, 0.717) is 16.1 Å². The summed E-state index contributed by atoms with van der Waals surface area (Å²) in [7, 11) is 0. The fraction of sp³-hybridized carbons (Fsp3) is 0.0476. The van der Waals surface area contributed by atoms with Gasteiger partial charge >= 0.3 is 5.91 Å². The van der Waals surface area contributed by atoms with Gasteiger partial charge in [0.15, 0.2) is 0 Å². The minimum Gasteiger partial charge on any atom is -0.507 e. The van der Waals surface area contributed by atoms with Gasteiger partial charge in [-0.2, -0.15) is 0 Å². The molecule has 0 saturated carbocycles. The van der Waals surface area contributed by atoms with Crippen molar-refractivity contribution in [3.8, 4) is 0 Å². The molecule has 0 spiro atoms. The molecule has 4 rings (SSSR count). The topological polar surface area (TPSA) is 83.4 Å². The second kappa shape index (κ2) is 7.25. The first-order valence-corrected chi connectivity index (χ1v) is 8.85. The van der Waals surface area contributed by atoms with Gasteiger partial charge in [-0.1, -0.05) is 60.1 Å². The quantitative estimate of drug-likeness (QED) is 0.417. The zero-order chi connectivity index (χ0) is 19.7. The van der Waals surface area contributed by atoms with Crippen LogP contribution >= 0.6 is 11.6 Å². The zero-order valence-electron chi connectivity index (χ0n) is 14.5. The van der Waals surface area contributed by atoms with Crippen LogP contribution in [0.5, 0.6) is 0 Å². The number of anilines is 1. The van der Waals surface area contributed by atoms with Gasteiger partial charge in [-0.05, 0) is 17.7 Å². The van der Waals surface area contributed by atoms with Crippen molar-refractivity contribution in [2.24, 2.45) is 0 Å². The Morgan fingerprint density at radius 3 is 2.25 bits per heavy atom. The van der Waals surface area contributed by atoms with E-state index in [9.17, 15) is 14.7 Å². The van der Waals surface area contributed by atoms with Gasteiger partial charge in [-0.25, -0.2) is 9.97 Å². The van der Waals surface area contributed by atoms with E-state index in [-0.39, 0.29) is 17.3 Å². The van der Waals surface area contributed by atoms with Crippen LogP contribution < -0.4 is 4.90 Å². The summed E-state index contributed by atoms with van der Waals surface area (Å²) in [4.78, 5) is 35.1. The largest absolute Gasteiger partial charge is 0.507 e. The molecular formula is C21H14ClN3O3. The standard InChI is InChI=1S/C21H14ClN3O3/c22-15-10-5-4-9-14(15)17-16(18(26)13-7-2-1-3-8-13)19(27)20(28)25(17)21-23-11-6-12-24-21/h1-12,17,26H/b18-16-.